The minimum atomic E-state index is 0.244. The second-order valence-electron chi connectivity index (χ2n) is 2.71. The van der Waals surface area contributed by atoms with Crippen molar-refractivity contribution in [3.63, 3.8) is 0 Å². The van der Waals surface area contributed by atoms with E-state index in [9.17, 15) is 4.79 Å². The first-order valence-electron chi connectivity index (χ1n) is 4.57. The zero-order chi connectivity index (χ0) is 10.8. The molecule has 1 aromatic carbocycles. The molecule has 2 heteroatoms. The largest absolute Gasteiger partial charge is 0.299 e. The summed E-state index contributed by atoms with van der Waals surface area (Å²) in [5.41, 5.74) is 0.828. The molecule has 0 aliphatic rings. The third-order valence-electron chi connectivity index (χ3n) is 1.57. The number of ketones is 1. The van der Waals surface area contributed by atoms with E-state index in [1.54, 1.807) is 0 Å². The van der Waals surface area contributed by atoms with Crippen molar-refractivity contribution in [3.05, 3.63) is 48.7 Å². The van der Waals surface area contributed by atoms with Crippen LogP contribution in [-0.4, -0.2) is 5.78 Å². The maximum absolute atomic E-state index is 11.2. The van der Waals surface area contributed by atoms with Gasteiger partial charge in [-0.05, 0) is 6.42 Å². The molecule has 0 aliphatic carbocycles. The van der Waals surface area contributed by atoms with Gasteiger partial charge in [-0.2, -0.15) is 0 Å². The highest BCUT2D eigenvalue weighted by atomic mass is 16.2. The second kappa shape index (κ2) is 8.05. The first-order valence-corrected chi connectivity index (χ1v) is 4.57. The minimum absolute atomic E-state index is 0.244. The molecule has 1 rings (SSSR count). The molecule has 14 heavy (non-hydrogen) atoms. The lowest BCUT2D eigenvalue weighted by Crippen LogP contribution is -1.96. The molecule has 2 nitrogen and oxygen atoms in total. The van der Waals surface area contributed by atoms with Crippen LogP contribution >= 0.6 is 0 Å². The Hall–Kier alpha value is -1.57. The smallest absolute Gasteiger partial charge is 0.162 e. The molecule has 0 spiro atoms. The van der Waals surface area contributed by atoms with Gasteiger partial charge in [0.25, 0.3) is 0 Å². The van der Waals surface area contributed by atoms with E-state index in [0.29, 0.717) is 12.7 Å². The number of carbonyl (C=O) groups excluding carboxylic acids is 1. The fourth-order valence-corrected chi connectivity index (χ4v) is 0.995. The van der Waals surface area contributed by atoms with Crippen LogP contribution in [0, 0.1) is 0 Å². The van der Waals surface area contributed by atoms with Crippen LogP contribution in [0.1, 0.15) is 30.1 Å². The van der Waals surface area contributed by atoms with Gasteiger partial charge in [0.15, 0.2) is 5.78 Å². The Morgan fingerprint density at radius 1 is 1.36 bits per heavy atom. The molecule has 0 atom stereocenters. The third kappa shape index (κ3) is 5.14. The van der Waals surface area contributed by atoms with Crippen molar-refractivity contribution < 1.29 is 9.90 Å². The molecular weight excluding hydrogens is 176 g/mol. The fourth-order valence-electron chi connectivity index (χ4n) is 0.995. The molecule has 1 aromatic rings. The lowest BCUT2D eigenvalue weighted by atomic mass is 10.1. The van der Waals surface area contributed by atoms with E-state index in [4.69, 9.17) is 5.11 Å². The molecule has 0 aromatic heterocycles. The molecule has 0 unspecified atom stereocenters. The maximum Gasteiger partial charge on any atom is 0.162 e. The summed E-state index contributed by atoms with van der Waals surface area (Å²) in [7, 11) is 0. The summed E-state index contributed by atoms with van der Waals surface area (Å²) in [5.74, 6) is 0.244. The van der Waals surface area contributed by atoms with Gasteiger partial charge in [-0.15, -0.1) is 0 Å². The Labute approximate surface area is 84.9 Å². The van der Waals surface area contributed by atoms with E-state index in [-0.39, 0.29) is 5.78 Å². The average Bonchev–Trinajstić information content (AvgIpc) is 2.21. The molecule has 0 saturated heterocycles. The van der Waals surface area contributed by atoms with Crippen LogP contribution in [0.3, 0.4) is 0 Å². The van der Waals surface area contributed by atoms with Crippen molar-refractivity contribution in [2.45, 2.75) is 19.8 Å². The maximum atomic E-state index is 11.2. The zero-order valence-corrected chi connectivity index (χ0v) is 8.40. The van der Waals surface area contributed by atoms with Gasteiger partial charge in [0.05, 0.1) is 0 Å². The highest BCUT2D eigenvalue weighted by Crippen LogP contribution is 2.03. The fraction of sp³-hybridized carbons (Fsp3) is 0.250. The molecule has 0 fully saturated rings. The van der Waals surface area contributed by atoms with Crippen LogP contribution in [-0.2, 0) is 5.11 Å². The Bertz CT molecular complexity index is 265. The summed E-state index contributed by atoms with van der Waals surface area (Å²) in [6, 6.07) is 9.42. The van der Waals surface area contributed by atoms with Crippen LogP contribution in [0.5, 0.6) is 0 Å². The van der Waals surface area contributed by atoms with E-state index < -0.39 is 0 Å². The third-order valence-corrected chi connectivity index (χ3v) is 1.57. The van der Waals surface area contributed by atoms with Crippen LogP contribution in [0.4, 0.5) is 0 Å². The number of hydrogen-bond acceptors (Lipinski definition) is 1. The lowest BCUT2D eigenvalue weighted by molar-refractivity contribution is 0.0982. The van der Waals surface area contributed by atoms with Crippen LogP contribution in [0.2, 0.25) is 0 Å². The van der Waals surface area contributed by atoms with Gasteiger partial charge in [0.2, 0.25) is 0 Å². The Morgan fingerprint density at radius 3 is 2.29 bits per heavy atom. The molecule has 0 aliphatic heterocycles. The van der Waals surface area contributed by atoms with Gasteiger partial charge in [0.1, 0.15) is 6.26 Å². The van der Waals surface area contributed by atoms with Crippen molar-refractivity contribution >= 4 is 5.78 Å². The summed E-state index contributed by atoms with van der Waals surface area (Å²) >= 11 is 0. The Morgan fingerprint density at radius 2 is 1.86 bits per heavy atom. The monoisotopic (exact) mass is 191 g/mol. The highest BCUT2D eigenvalue weighted by molar-refractivity contribution is 5.95. The highest BCUT2D eigenvalue weighted by Gasteiger charge is 2.01. The number of hydrogen-bond donors (Lipinski definition) is 0. The van der Waals surface area contributed by atoms with Gasteiger partial charge in [0, 0.05) is 12.0 Å². The molecule has 0 N–H and O–H groups in total. The van der Waals surface area contributed by atoms with Crippen molar-refractivity contribution in [3.8, 4) is 0 Å². The first-order chi connectivity index (χ1) is 6.76. The molecule has 75 valence electrons. The predicted octanol–water partition coefficient (Wildman–Crippen LogP) is 3.23. The van der Waals surface area contributed by atoms with Crippen LogP contribution in [0.25, 0.3) is 0 Å². The predicted molar refractivity (Wildman–Crippen MR) is 56.6 cm³/mol. The topological polar surface area (TPSA) is 37.0 Å². The molecular formula is C12H15O2. The molecule has 0 saturated carbocycles. The Kier molecular flexibility index (Phi) is 7.15. The number of benzene rings is 1. The van der Waals surface area contributed by atoms with Gasteiger partial charge in [-0.1, -0.05) is 43.8 Å². The summed E-state index contributed by atoms with van der Waals surface area (Å²) < 4.78 is 0. The van der Waals surface area contributed by atoms with E-state index in [0.717, 1.165) is 12.0 Å². The summed E-state index contributed by atoms with van der Waals surface area (Å²) in [4.78, 5) is 11.2. The average molecular weight is 191 g/mol. The van der Waals surface area contributed by atoms with E-state index in [1.807, 2.05) is 37.3 Å². The Balaban J connectivity index is 0.000000500. The quantitative estimate of drug-likeness (QED) is 0.533. The van der Waals surface area contributed by atoms with Gasteiger partial charge in [-0.3, -0.25) is 9.90 Å². The number of Topliss-reactive ketones (excluding diaryl/α,β-unsaturated/α-hetero) is 1. The molecule has 0 amide bonds. The van der Waals surface area contributed by atoms with Gasteiger partial charge in [-0.25, -0.2) is 0 Å². The molecule has 0 bridgehead atoms. The van der Waals surface area contributed by atoms with Crippen molar-refractivity contribution in [1.82, 2.24) is 0 Å². The summed E-state index contributed by atoms with van der Waals surface area (Å²) in [6.07, 6.45) is 2.08. The minimum Gasteiger partial charge on any atom is -0.299 e. The molecule has 0 heterocycles. The van der Waals surface area contributed by atoms with Gasteiger partial charge < -0.3 is 0 Å². The van der Waals surface area contributed by atoms with Crippen LogP contribution in [0.15, 0.2) is 43.2 Å². The van der Waals surface area contributed by atoms with Gasteiger partial charge >= 0.3 is 0 Å². The van der Waals surface area contributed by atoms with E-state index in [2.05, 4.69) is 6.58 Å². The standard InChI is InChI=1S/C10H12O.C2H3O/c1-2-6-10(11)9-7-4-3-5-8-9;1-2-3/h3-5,7-8H,2,6H2,1H3;2H,1H2. The van der Waals surface area contributed by atoms with E-state index in [1.165, 1.54) is 0 Å². The molecule has 1 radical (unpaired) electrons. The SMILES string of the molecule is C=C[O].CCCC(=O)c1ccccc1. The first kappa shape index (κ1) is 12.4. The zero-order valence-electron chi connectivity index (χ0n) is 8.40. The normalized spacial score (nSPS) is 8.36. The summed E-state index contributed by atoms with van der Waals surface area (Å²) in [5, 5.41) is 8.69. The van der Waals surface area contributed by atoms with Crippen molar-refractivity contribution in [1.29, 1.82) is 0 Å². The number of rotatable bonds is 3. The number of carbonyl (C=O) groups is 1. The second-order valence-corrected chi connectivity index (χ2v) is 2.71. The van der Waals surface area contributed by atoms with E-state index >= 15 is 0 Å². The van der Waals surface area contributed by atoms with Crippen molar-refractivity contribution in [2.24, 2.45) is 0 Å². The lowest BCUT2D eigenvalue weighted by Gasteiger charge is -1.96. The summed E-state index contributed by atoms with van der Waals surface area (Å²) in [6.45, 7) is 4.82. The van der Waals surface area contributed by atoms with Crippen LogP contribution < -0.4 is 0 Å². The van der Waals surface area contributed by atoms with Crippen molar-refractivity contribution in [2.75, 3.05) is 0 Å².